The molecule has 12 rings (SSSR count). The van der Waals surface area contributed by atoms with Gasteiger partial charge < -0.3 is 5.32 Å². The summed E-state index contributed by atoms with van der Waals surface area (Å²) in [7, 11) is 0. The van der Waals surface area contributed by atoms with Gasteiger partial charge in [0.1, 0.15) is 11.9 Å². The number of aryl methyl sites for hydroxylation is 2. The molecule has 3 atom stereocenters. The first-order valence-electron chi connectivity index (χ1n) is 24.1. The van der Waals surface area contributed by atoms with E-state index in [0.717, 1.165) is 69.4 Å². The Bertz CT molecular complexity index is 3430. The second-order valence-electron chi connectivity index (χ2n) is 18.6. The average molecular weight is 877 g/mol. The van der Waals surface area contributed by atoms with Crippen molar-refractivity contribution in [2.24, 2.45) is 20.9 Å². The Balaban J connectivity index is 1.09. The van der Waals surface area contributed by atoms with E-state index in [1.807, 2.05) is 0 Å². The molecule has 3 unspecified atom stereocenters. The zero-order valence-corrected chi connectivity index (χ0v) is 39.0. The molecule has 1 N–H and O–H groups in total. The van der Waals surface area contributed by atoms with Crippen LogP contribution < -0.4 is 5.32 Å². The first kappa shape index (κ1) is 41.5. The van der Waals surface area contributed by atoms with Gasteiger partial charge in [0, 0.05) is 22.7 Å². The number of aliphatic imine (C=N–C) groups is 3. The molecule has 0 aromatic heterocycles. The van der Waals surface area contributed by atoms with Gasteiger partial charge in [-0.05, 0) is 117 Å². The van der Waals surface area contributed by atoms with Gasteiger partial charge in [-0.25, -0.2) is 9.98 Å². The van der Waals surface area contributed by atoms with Crippen LogP contribution in [0.5, 0.6) is 0 Å². The van der Waals surface area contributed by atoms with Crippen LogP contribution in [0.3, 0.4) is 0 Å². The minimum Gasteiger partial charge on any atom is -0.339 e. The van der Waals surface area contributed by atoms with E-state index < -0.39 is 5.41 Å². The summed E-state index contributed by atoms with van der Waals surface area (Å²) < 4.78 is 0. The minimum atomic E-state index is -0.624. The monoisotopic (exact) mass is 876 g/mol. The molecule has 4 nitrogen and oxygen atoms in total. The van der Waals surface area contributed by atoms with E-state index in [1.165, 1.54) is 66.8 Å². The van der Waals surface area contributed by atoms with Crippen molar-refractivity contribution in [3.63, 3.8) is 0 Å². The first-order chi connectivity index (χ1) is 33.4. The summed E-state index contributed by atoms with van der Waals surface area (Å²) in [5, 5.41) is 3.93. The smallest absolute Gasteiger partial charge is 0.160 e. The third kappa shape index (κ3) is 6.69. The highest BCUT2D eigenvalue weighted by atomic mass is 15.1. The zero-order valence-electron chi connectivity index (χ0n) is 39.0. The predicted octanol–water partition coefficient (Wildman–Crippen LogP) is 14.9. The highest BCUT2D eigenvalue weighted by molar-refractivity contribution is 6.17. The lowest BCUT2D eigenvalue weighted by Crippen LogP contribution is -2.31. The molecule has 4 heteroatoms. The number of nitrogens with zero attached hydrogens (tertiary/aromatic N) is 3. The largest absolute Gasteiger partial charge is 0.339 e. The molecule has 0 amide bonds. The van der Waals surface area contributed by atoms with E-state index in [0.29, 0.717) is 0 Å². The number of hydrogen-bond acceptors (Lipinski definition) is 4. The van der Waals surface area contributed by atoms with Crippen LogP contribution in [0.15, 0.2) is 221 Å². The lowest BCUT2D eigenvalue weighted by molar-refractivity contribution is 0.776. The van der Waals surface area contributed by atoms with E-state index in [4.69, 9.17) is 15.0 Å². The second kappa shape index (κ2) is 16.7. The van der Waals surface area contributed by atoms with Crippen LogP contribution in [0.1, 0.15) is 99.5 Å². The second-order valence-corrected chi connectivity index (χ2v) is 18.6. The lowest BCUT2D eigenvalue weighted by atomic mass is 9.69. The third-order valence-corrected chi connectivity index (χ3v) is 14.6. The molecule has 2 aliphatic heterocycles. The number of amidine groups is 2. The van der Waals surface area contributed by atoms with E-state index >= 15 is 0 Å². The van der Waals surface area contributed by atoms with Crippen LogP contribution >= 0.6 is 0 Å². The van der Waals surface area contributed by atoms with E-state index in [2.05, 4.69) is 233 Å². The molecule has 328 valence electrons. The van der Waals surface area contributed by atoms with Crippen molar-refractivity contribution in [2.75, 3.05) is 0 Å². The molecule has 2 heterocycles. The maximum atomic E-state index is 5.63. The highest BCUT2D eigenvalue weighted by Gasteiger charge is 2.52. The first-order valence-corrected chi connectivity index (χ1v) is 24.1. The molecule has 0 fully saturated rings. The van der Waals surface area contributed by atoms with E-state index in [1.54, 1.807) is 0 Å². The summed E-state index contributed by atoms with van der Waals surface area (Å²) in [6.07, 6.45) is 4.09. The Morgan fingerprint density at radius 2 is 0.985 bits per heavy atom. The number of benzene rings is 8. The number of fused-ring (bicyclic) bond motifs is 10. The summed E-state index contributed by atoms with van der Waals surface area (Å²) in [4.78, 5) is 16.7. The van der Waals surface area contributed by atoms with Crippen LogP contribution in [-0.2, 0) is 5.41 Å². The van der Waals surface area contributed by atoms with Crippen LogP contribution in [0, 0.1) is 19.8 Å². The fourth-order valence-corrected chi connectivity index (χ4v) is 11.3. The van der Waals surface area contributed by atoms with Gasteiger partial charge in [0.05, 0.1) is 16.8 Å². The van der Waals surface area contributed by atoms with Crippen molar-refractivity contribution in [3.8, 4) is 22.3 Å². The topological polar surface area (TPSA) is 49.1 Å². The van der Waals surface area contributed by atoms with Crippen LogP contribution in [-0.4, -0.2) is 17.4 Å². The quantitative estimate of drug-likeness (QED) is 0.162. The predicted molar refractivity (Wildman–Crippen MR) is 282 cm³/mol. The number of allylic oxidation sites excluding steroid dienone is 1. The molecule has 0 bridgehead atoms. The maximum absolute atomic E-state index is 5.63. The number of nitrogens with one attached hydrogen (secondary N) is 1. The van der Waals surface area contributed by atoms with E-state index in [9.17, 15) is 0 Å². The lowest BCUT2D eigenvalue weighted by Gasteiger charge is -2.32. The summed E-state index contributed by atoms with van der Waals surface area (Å²) in [5.74, 6) is 1.68. The van der Waals surface area contributed by atoms with E-state index in [-0.39, 0.29) is 12.0 Å². The summed E-state index contributed by atoms with van der Waals surface area (Å²) >= 11 is 0. The van der Waals surface area contributed by atoms with Crippen molar-refractivity contribution in [3.05, 3.63) is 273 Å². The summed E-state index contributed by atoms with van der Waals surface area (Å²) in [5.41, 5.74) is 23.0. The molecule has 4 aliphatic rings. The fourth-order valence-electron chi connectivity index (χ4n) is 11.3. The number of rotatable bonds is 8. The molecular weight excluding hydrogens is 825 g/mol. The number of hydrogen-bond donors (Lipinski definition) is 1. The standard InChI is InChI=1S/C64H52N4/c1-5-42-39-58(43-19-11-7-12-20-43)65-62(66-59(42)44-21-13-8-14-22-44)47-29-33-52-50-31-27-40(3)35-54(50)64(56(52)37-47)55-36-41(4)28-32-51(55)53-34-30-48(38-57(53)64)63-67-60(45-23-15-9-16-24-45)49(6-2)61(68-63)46-25-17-10-18-26-46/h7-39,42,60H,5-6H2,1-4H3,(H,67,68). The normalized spacial score (nSPS) is 18.9. The van der Waals surface area contributed by atoms with Gasteiger partial charge in [-0.2, -0.15) is 0 Å². The maximum Gasteiger partial charge on any atom is 0.160 e. The zero-order chi connectivity index (χ0) is 45.9. The molecule has 8 aromatic rings. The minimum absolute atomic E-state index is 0.0836. The highest BCUT2D eigenvalue weighted by Crippen LogP contribution is 2.63. The fraction of sp³-hybridized carbons (Fsp3) is 0.141. The Kier molecular flexibility index (Phi) is 10.2. The van der Waals surface area contributed by atoms with Crippen molar-refractivity contribution in [1.29, 1.82) is 0 Å². The van der Waals surface area contributed by atoms with Gasteiger partial charge in [0.15, 0.2) is 5.84 Å². The van der Waals surface area contributed by atoms with Gasteiger partial charge in [0.2, 0.25) is 0 Å². The van der Waals surface area contributed by atoms with Gasteiger partial charge in [0.25, 0.3) is 0 Å². The molecular formula is C64H52N4. The average Bonchev–Trinajstić information content (AvgIpc) is 3.74. The molecule has 68 heavy (non-hydrogen) atoms. The van der Waals surface area contributed by atoms with Crippen molar-refractivity contribution < 1.29 is 0 Å². The Morgan fingerprint density at radius 1 is 0.485 bits per heavy atom. The van der Waals surface area contributed by atoms with Crippen LogP contribution in [0.25, 0.3) is 33.6 Å². The Morgan fingerprint density at radius 3 is 1.56 bits per heavy atom. The van der Waals surface area contributed by atoms with Gasteiger partial charge in [-0.15, -0.1) is 0 Å². The Hall–Kier alpha value is -7.95. The van der Waals surface area contributed by atoms with Crippen LogP contribution in [0.4, 0.5) is 0 Å². The molecule has 2 aliphatic carbocycles. The molecule has 8 aromatic carbocycles. The molecule has 0 saturated carbocycles. The SMILES string of the molecule is CCC1=C(c2ccccc2)NC(c2ccc3c(c2)C2(c4cc(C)ccc4-c4ccc(C5=NC(c6ccccc6)=CC(CC)C(c6ccccc6)=N5)cc42)c2cc(C)ccc2-3)=NC1c1ccccc1. The van der Waals surface area contributed by atoms with Gasteiger partial charge in [-0.1, -0.05) is 207 Å². The van der Waals surface area contributed by atoms with Gasteiger partial charge >= 0.3 is 0 Å². The molecule has 1 spiro atoms. The van der Waals surface area contributed by atoms with Crippen LogP contribution in [0.2, 0.25) is 0 Å². The van der Waals surface area contributed by atoms with Crippen molar-refractivity contribution in [2.45, 2.75) is 52.0 Å². The van der Waals surface area contributed by atoms with Gasteiger partial charge in [-0.3, -0.25) is 4.99 Å². The summed E-state index contributed by atoms with van der Waals surface area (Å²) in [6.45, 7) is 8.94. The Labute approximate surface area is 400 Å². The molecule has 0 radical (unpaired) electrons. The third-order valence-electron chi connectivity index (χ3n) is 14.6. The van der Waals surface area contributed by atoms with Crippen molar-refractivity contribution >= 4 is 28.8 Å². The molecule has 0 saturated heterocycles. The summed E-state index contributed by atoms with van der Waals surface area (Å²) in [6, 6.07) is 70.8. The van der Waals surface area contributed by atoms with Crippen molar-refractivity contribution in [1.82, 2.24) is 5.32 Å².